The molecule has 1 aromatic carbocycles. The largest absolute Gasteiger partial charge is 0.493 e. The number of benzene rings is 1. The van der Waals surface area contributed by atoms with E-state index in [1.54, 1.807) is 0 Å². The molecule has 17 heavy (non-hydrogen) atoms. The fraction of sp³-hybridized carbons (Fsp3) is 0.300. The molecule has 0 amide bonds. The van der Waals surface area contributed by atoms with Crippen LogP contribution in [0.3, 0.4) is 0 Å². The standard InChI is InChI=1S/C10H7ClF3NOS/c11-9-5-8(2-1-7(9)6-15)16-3-4-17-10(12,13)14/h1-2,5H,3-4H2. The van der Waals surface area contributed by atoms with Gasteiger partial charge in [-0.2, -0.15) is 18.4 Å². The summed E-state index contributed by atoms with van der Waals surface area (Å²) in [4.78, 5) is 0. The normalized spacial score (nSPS) is 11.0. The number of nitrogens with zero attached hydrogens (tertiary/aromatic N) is 1. The fourth-order valence-electron chi connectivity index (χ4n) is 0.993. The molecule has 0 radical (unpaired) electrons. The van der Waals surface area contributed by atoms with E-state index in [0.29, 0.717) is 11.3 Å². The van der Waals surface area contributed by atoms with Gasteiger partial charge in [0.05, 0.1) is 17.2 Å². The summed E-state index contributed by atoms with van der Waals surface area (Å²) in [7, 11) is 0. The van der Waals surface area contributed by atoms with Crippen molar-refractivity contribution in [1.82, 2.24) is 0 Å². The van der Waals surface area contributed by atoms with Gasteiger partial charge in [-0.15, -0.1) is 0 Å². The number of halogens is 4. The number of alkyl halides is 3. The second-order valence-corrected chi connectivity index (χ2v) is 4.46. The van der Waals surface area contributed by atoms with Crippen molar-refractivity contribution in [2.75, 3.05) is 12.4 Å². The van der Waals surface area contributed by atoms with Crippen molar-refractivity contribution >= 4 is 23.4 Å². The number of ether oxygens (including phenoxy) is 1. The van der Waals surface area contributed by atoms with E-state index in [1.165, 1.54) is 18.2 Å². The van der Waals surface area contributed by atoms with Crippen LogP contribution in [0, 0.1) is 11.3 Å². The molecule has 0 N–H and O–H groups in total. The first-order chi connectivity index (χ1) is 7.92. The molecule has 0 unspecified atom stereocenters. The SMILES string of the molecule is N#Cc1ccc(OCCSC(F)(F)F)cc1Cl. The van der Waals surface area contributed by atoms with Crippen LogP contribution in [0.25, 0.3) is 0 Å². The molecule has 0 aromatic heterocycles. The summed E-state index contributed by atoms with van der Waals surface area (Å²) in [5.74, 6) is 0.151. The summed E-state index contributed by atoms with van der Waals surface area (Å²) in [6.07, 6.45) is 0. The van der Waals surface area contributed by atoms with Crippen LogP contribution in [-0.2, 0) is 0 Å². The summed E-state index contributed by atoms with van der Waals surface area (Å²) < 4.78 is 40.5. The van der Waals surface area contributed by atoms with Crippen LogP contribution < -0.4 is 4.74 Å². The van der Waals surface area contributed by atoms with Crippen LogP contribution in [0.5, 0.6) is 5.75 Å². The summed E-state index contributed by atoms with van der Waals surface area (Å²) >= 11 is 5.58. The van der Waals surface area contributed by atoms with Crippen LogP contribution in [0.15, 0.2) is 18.2 Å². The molecule has 1 rings (SSSR count). The molecule has 0 aliphatic carbocycles. The highest BCUT2D eigenvalue weighted by atomic mass is 35.5. The smallest absolute Gasteiger partial charge is 0.441 e. The summed E-state index contributed by atoms with van der Waals surface area (Å²) in [6.45, 7) is -0.0770. The molecule has 0 saturated carbocycles. The molecule has 0 heterocycles. The van der Waals surface area contributed by atoms with Crippen molar-refractivity contribution in [3.8, 4) is 11.8 Å². The zero-order valence-electron chi connectivity index (χ0n) is 8.42. The number of nitriles is 1. The molecular weight excluding hydrogens is 275 g/mol. The van der Waals surface area contributed by atoms with Crippen LogP contribution in [-0.4, -0.2) is 17.9 Å². The lowest BCUT2D eigenvalue weighted by Gasteiger charge is -2.08. The van der Waals surface area contributed by atoms with E-state index in [9.17, 15) is 13.2 Å². The average Bonchev–Trinajstić information content (AvgIpc) is 2.23. The maximum atomic E-state index is 11.8. The third-order valence-corrected chi connectivity index (χ3v) is 2.69. The highest BCUT2D eigenvalue weighted by molar-refractivity contribution is 8.00. The summed E-state index contributed by atoms with van der Waals surface area (Å²) in [6, 6.07) is 6.21. The van der Waals surface area contributed by atoms with Crippen molar-refractivity contribution in [3.05, 3.63) is 28.8 Å². The van der Waals surface area contributed by atoms with Gasteiger partial charge >= 0.3 is 5.51 Å². The van der Waals surface area contributed by atoms with Gasteiger partial charge in [-0.25, -0.2) is 0 Å². The minimum Gasteiger partial charge on any atom is -0.493 e. The van der Waals surface area contributed by atoms with Crippen molar-refractivity contribution in [2.24, 2.45) is 0 Å². The average molecular weight is 282 g/mol. The van der Waals surface area contributed by atoms with Gasteiger partial charge in [0.2, 0.25) is 0 Å². The second kappa shape index (κ2) is 6.03. The van der Waals surface area contributed by atoms with E-state index in [4.69, 9.17) is 21.6 Å². The zero-order valence-corrected chi connectivity index (χ0v) is 9.99. The van der Waals surface area contributed by atoms with E-state index < -0.39 is 5.51 Å². The minimum atomic E-state index is -4.24. The van der Waals surface area contributed by atoms with Crippen LogP contribution in [0.2, 0.25) is 5.02 Å². The molecule has 0 aliphatic heterocycles. The van der Waals surface area contributed by atoms with E-state index in [2.05, 4.69) is 0 Å². The predicted octanol–water partition coefficient (Wildman–Crippen LogP) is 3.84. The third kappa shape index (κ3) is 5.20. The Labute approximate surface area is 105 Å². The third-order valence-electron chi connectivity index (χ3n) is 1.68. The maximum absolute atomic E-state index is 11.8. The van der Waals surface area contributed by atoms with Gasteiger partial charge < -0.3 is 4.74 Å². The monoisotopic (exact) mass is 281 g/mol. The van der Waals surface area contributed by atoms with Crippen molar-refractivity contribution < 1.29 is 17.9 Å². The quantitative estimate of drug-likeness (QED) is 0.786. The Morgan fingerprint density at radius 2 is 2.12 bits per heavy atom. The Bertz CT molecular complexity index is 431. The Balaban J connectivity index is 2.43. The molecule has 2 nitrogen and oxygen atoms in total. The molecule has 0 atom stereocenters. The van der Waals surface area contributed by atoms with Crippen molar-refractivity contribution in [3.63, 3.8) is 0 Å². The molecule has 0 aliphatic rings. The summed E-state index contributed by atoms with van der Waals surface area (Å²) in [5.41, 5.74) is -3.95. The van der Waals surface area contributed by atoms with Crippen molar-refractivity contribution in [1.29, 1.82) is 5.26 Å². The second-order valence-electron chi connectivity index (χ2n) is 2.90. The van der Waals surface area contributed by atoms with Crippen LogP contribution in [0.4, 0.5) is 13.2 Å². The summed E-state index contributed by atoms with van der Waals surface area (Å²) in [5, 5.41) is 8.83. The first-order valence-electron chi connectivity index (χ1n) is 4.45. The number of hydrogen-bond acceptors (Lipinski definition) is 3. The van der Waals surface area contributed by atoms with Gasteiger partial charge in [0.25, 0.3) is 0 Å². The molecule has 0 fully saturated rings. The van der Waals surface area contributed by atoms with Crippen LogP contribution >= 0.6 is 23.4 Å². The van der Waals surface area contributed by atoms with Gasteiger partial charge in [-0.05, 0) is 23.9 Å². The lowest BCUT2D eigenvalue weighted by Crippen LogP contribution is -2.07. The first kappa shape index (κ1) is 14.0. The highest BCUT2D eigenvalue weighted by Crippen LogP contribution is 2.30. The van der Waals surface area contributed by atoms with Crippen molar-refractivity contribution in [2.45, 2.75) is 5.51 Å². The molecule has 0 saturated heterocycles. The number of rotatable bonds is 4. The Kier molecular flexibility index (Phi) is 4.97. The molecule has 7 heteroatoms. The lowest BCUT2D eigenvalue weighted by atomic mass is 10.2. The highest BCUT2D eigenvalue weighted by Gasteiger charge is 2.27. The van der Waals surface area contributed by atoms with Gasteiger partial charge in [0.1, 0.15) is 11.8 Å². The van der Waals surface area contributed by atoms with Gasteiger partial charge in [-0.3, -0.25) is 0 Å². The Morgan fingerprint density at radius 3 is 2.65 bits per heavy atom. The molecular formula is C10H7ClF3NOS. The van der Waals surface area contributed by atoms with E-state index >= 15 is 0 Å². The van der Waals surface area contributed by atoms with Crippen LogP contribution in [0.1, 0.15) is 5.56 Å². The Hall–Kier alpha value is -1.06. The Morgan fingerprint density at radius 1 is 1.41 bits per heavy atom. The van der Waals surface area contributed by atoms with E-state index in [-0.39, 0.29) is 29.1 Å². The molecule has 0 spiro atoms. The molecule has 0 bridgehead atoms. The molecule has 92 valence electrons. The van der Waals surface area contributed by atoms with E-state index in [1.807, 2.05) is 6.07 Å². The van der Waals surface area contributed by atoms with Gasteiger partial charge in [0.15, 0.2) is 0 Å². The lowest BCUT2D eigenvalue weighted by molar-refractivity contribution is -0.0329. The molecule has 1 aromatic rings. The number of hydrogen-bond donors (Lipinski definition) is 0. The minimum absolute atomic E-state index is 0.0770. The zero-order chi connectivity index (χ0) is 12.9. The van der Waals surface area contributed by atoms with Gasteiger partial charge in [-0.1, -0.05) is 11.6 Å². The maximum Gasteiger partial charge on any atom is 0.441 e. The predicted molar refractivity (Wildman–Crippen MR) is 60.2 cm³/mol. The topological polar surface area (TPSA) is 33.0 Å². The van der Waals surface area contributed by atoms with E-state index in [0.717, 1.165) is 0 Å². The number of thioether (sulfide) groups is 1. The van der Waals surface area contributed by atoms with Gasteiger partial charge in [0, 0.05) is 11.8 Å². The first-order valence-corrected chi connectivity index (χ1v) is 5.82. The fourth-order valence-corrected chi connectivity index (χ4v) is 1.60.